The molecule has 0 aliphatic carbocycles. The number of hydrogen-bond acceptors (Lipinski definition) is 10. The maximum Gasteiger partial charge on any atom is 0.115 e. The number of benzene rings is 8. The van der Waals surface area contributed by atoms with Crippen molar-refractivity contribution in [2.45, 2.75) is 27.7 Å². The van der Waals surface area contributed by atoms with E-state index in [9.17, 15) is 0 Å². The van der Waals surface area contributed by atoms with Gasteiger partial charge in [-0.3, -0.25) is 19.9 Å². The first-order chi connectivity index (χ1) is 34.4. The first kappa shape index (κ1) is 44.1. The van der Waals surface area contributed by atoms with E-state index in [1.807, 2.05) is 97.6 Å². The highest BCUT2D eigenvalue weighted by molar-refractivity contribution is 7.00. The van der Waals surface area contributed by atoms with Gasteiger partial charge in [0.2, 0.25) is 0 Å². The zero-order chi connectivity index (χ0) is 47.6. The summed E-state index contributed by atoms with van der Waals surface area (Å²) in [7, 11) is 0. The molecule has 336 valence electrons. The second-order valence-corrected chi connectivity index (χ2v) is 18.2. The molecule has 0 N–H and O–H groups in total. The normalized spacial score (nSPS) is 11.1. The quantitative estimate of drug-likeness (QED) is 0.148. The fourth-order valence-corrected chi connectivity index (χ4v) is 10.3. The standard InChI is InChI=1S/C32H24N2S.C28H20N6S/c1-21-22(2)30(28-19-15-26(16-20-28)24-11-7-4-8-12-24)32-31(33-35-34-32)29(21)27-17-13-25(14-18-27)23-9-5-3-6-10-23;1-17-18(2)26(24-16-30-22(14-32-24)20-11-7-4-8-12-20)28-27(33-35-34-28)25(17)23-15-29-21(13-31-23)19-9-5-3-6-10-19/h3-20H,1-2H3;3-16H,1-2H3. The minimum atomic E-state index is 0.778. The van der Waals surface area contributed by atoms with Crippen LogP contribution in [0.15, 0.2) is 195 Å². The maximum absolute atomic E-state index is 4.76. The topological polar surface area (TPSA) is 103 Å². The first-order valence-corrected chi connectivity index (χ1v) is 24.5. The molecule has 0 bridgehead atoms. The number of fused-ring (bicyclic) bond motifs is 2. The van der Waals surface area contributed by atoms with Crippen LogP contribution in [0, 0.1) is 27.7 Å². The van der Waals surface area contributed by atoms with E-state index in [1.165, 1.54) is 79.1 Å². The Morgan fingerprint density at radius 2 is 0.486 bits per heavy atom. The minimum Gasteiger partial charge on any atom is -0.252 e. The molecule has 8 aromatic carbocycles. The Bertz CT molecular complexity index is 3250. The van der Waals surface area contributed by atoms with Gasteiger partial charge in [-0.05, 0) is 83.3 Å². The third-order valence-electron chi connectivity index (χ3n) is 13.1. The molecule has 0 fully saturated rings. The van der Waals surface area contributed by atoms with Gasteiger partial charge in [0.05, 0.1) is 71.0 Å². The summed E-state index contributed by atoms with van der Waals surface area (Å²) in [6, 6.07) is 58.7. The highest BCUT2D eigenvalue weighted by atomic mass is 32.1. The van der Waals surface area contributed by atoms with E-state index in [0.29, 0.717) is 0 Å². The number of aromatic nitrogens is 8. The Hall–Kier alpha value is -8.44. The second-order valence-electron chi connectivity index (χ2n) is 17.1. The van der Waals surface area contributed by atoms with Crippen LogP contribution in [0.2, 0.25) is 0 Å². The lowest BCUT2D eigenvalue weighted by molar-refractivity contribution is 1.19. The van der Waals surface area contributed by atoms with Gasteiger partial charge in [0.1, 0.15) is 22.1 Å². The van der Waals surface area contributed by atoms with Gasteiger partial charge in [-0.2, -0.15) is 17.5 Å². The van der Waals surface area contributed by atoms with Crippen LogP contribution in [0.25, 0.3) is 112 Å². The van der Waals surface area contributed by atoms with Gasteiger partial charge in [0, 0.05) is 33.4 Å². The van der Waals surface area contributed by atoms with Gasteiger partial charge in [-0.25, -0.2) is 0 Å². The Balaban J connectivity index is 0.000000152. The first-order valence-electron chi connectivity index (χ1n) is 23.0. The van der Waals surface area contributed by atoms with Crippen molar-refractivity contribution >= 4 is 45.5 Å². The van der Waals surface area contributed by atoms with Gasteiger partial charge >= 0.3 is 0 Å². The Kier molecular flexibility index (Phi) is 12.1. The molecule has 4 heterocycles. The van der Waals surface area contributed by atoms with Crippen molar-refractivity contribution in [1.29, 1.82) is 0 Å². The van der Waals surface area contributed by atoms with Crippen molar-refractivity contribution in [3.05, 3.63) is 217 Å². The van der Waals surface area contributed by atoms with E-state index in [2.05, 4.69) is 143 Å². The van der Waals surface area contributed by atoms with E-state index >= 15 is 0 Å². The largest absolute Gasteiger partial charge is 0.252 e. The van der Waals surface area contributed by atoms with Crippen molar-refractivity contribution in [1.82, 2.24) is 37.4 Å². The fourth-order valence-electron chi connectivity index (χ4n) is 9.18. The minimum absolute atomic E-state index is 0.778. The predicted molar refractivity (Wildman–Crippen MR) is 288 cm³/mol. The molecule has 0 radical (unpaired) electrons. The Morgan fingerprint density at radius 1 is 0.243 bits per heavy atom. The molecule has 12 aromatic rings. The van der Waals surface area contributed by atoms with E-state index in [1.54, 1.807) is 0 Å². The molecule has 0 amide bonds. The molecular weight excluding hydrogens is 897 g/mol. The average molecular weight is 941 g/mol. The molecule has 0 atom stereocenters. The van der Waals surface area contributed by atoms with E-state index < -0.39 is 0 Å². The lowest BCUT2D eigenvalue weighted by Crippen LogP contribution is -1.99. The lowest BCUT2D eigenvalue weighted by atomic mass is 9.88. The number of rotatable bonds is 8. The molecule has 10 heteroatoms. The summed E-state index contributed by atoms with van der Waals surface area (Å²) >= 11 is 2.48. The maximum atomic E-state index is 4.76. The van der Waals surface area contributed by atoms with Crippen LogP contribution in [0.3, 0.4) is 0 Å². The summed E-state index contributed by atoms with van der Waals surface area (Å²) in [5.74, 6) is 0. The molecule has 0 spiro atoms. The Labute approximate surface area is 414 Å². The number of hydrogen-bond donors (Lipinski definition) is 0. The van der Waals surface area contributed by atoms with E-state index in [0.717, 1.165) is 78.2 Å². The molecule has 0 aliphatic heterocycles. The highest BCUT2D eigenvalue weighted by Gasteiger charge is 2.23. The van der Waals surface area contributed by atoms with Gasteiger partial charge < -0.3 is 0 Å². The van der Waals surface area contributed by atoms with Crippen molar-refractivity contribution in [2.24, 2.45) is 0 Å². The molecule has 70 heavy (non-hydrogen) atoms. The highest BCUT2D eigenvalue weighted by Crippen LogP contribution is 2.42. The van der Waals surface area contributed by atoms with Gasteiger partial charge in [0.25, 0.3) is 0 Å². The van der Waals surface area contributed by atoms with E-state index in [4.69, 9.17) is 18.7 Å². The van der Waals surface area contributed by atoms with Crippen LogP contribution >= 0.6 is 23.5 Å². The van der Waals surface area contributed by atoms with Crippen molar-refractivity contribution in [2.75, 3.05) is 0 Å². The molecule has 0 unspecified atom stereocenters. The smallest absolute Gasteiger partial charge is 0.115 e. The third-order valence-corrected chi connectivity index (χ3v) is 14.1. The summed E-state index contributed by atoms with van der Waals surface area (Å²) < 4.78 is 18.8. The van der Waals surface area contributed by atoms with Gasteiger partial charge in [-0.1, -0.05) is 170 Å². The third kappa shape index (κ3) is 8.44. The van der Waals surface area contributed by atoms with Gasteiger partial charge in [-0.15, -0.1) is 0 Å². The van der Waals surface area contributed by atoms with Crippen LogP contribution in [0.4, 0.5) is 0 Å². The summed E-state index contributed by atoms with van der Waals surface area (Å²) in [5.41, 5.74) is 25.0. The molecule has 4 aromatic heterocycles. The summed E-state index contributed by atoms with van der Waals surface area (Å²) in [4.78, 5) is 18.9. The van der Waals surface area contributed by atoms with Crippen LogP contribution in [0.1, 0.15) is 22.3 Å². The molecular formula is C60H44N8S2. The van der Waals surface area contributed by atoms with Crippen LogP contribution < -0.4 is 0 Å². The van der Waals surface area contributed by atoms with Crippen molar-refractivity contribution in [3.63, 3.8) is 0 Å². The molecule has 0 saturated heterocycles. The van der Waals surface area contributed by atoms with Crippen molar-refractivity contribution < 1.29 is 0 Å². The lowest BCUT2D eigenvalue weighted by Gasteiger charge is -2.16. The second kappa shape index (κ2) is 19.3. The monoisotopic (exact) mass is 940 g/mol. The van der Waals surface area contributed by atoms with Crippen LogP contribution in [0.5, 0.6) is 0 Å². The Morgan fingerprint density at radius 3 is 0.800 bits per heavy atom. The number of nitrogens with zero attached hydrogens (tertiary/aromatic N) is 8. The fraction of sp³-hybridized carbons (Fsp3) is 0.0667. The summed E-state index contributed by atoms with van der Waals surface area (Å²) in [6.07, 6.45) is 7.26. The van der Waals surface area contributed by atoms with Gasteiger partial charge in [0.15, 0.2) is 0 Å². The predicted octanol–water partition coefficient (Wildman–Crippen LogP) is 15.5. The molecule has 12 rings (SSSR count). The zero-order valence-electron chi connectivity index (χ0n) is 38.9. The zero-order valence-corrected chi connectivity index (χ0v) is 40.5. The molecule has 8 nitrogen and oxygen atoms in total. The molecule has 0 aliphatic rings. The van der Waals surface area contributed by atoms with Crippen LogP contribution in [-0.4, -0.2) is 37.4 Å². The SMILES string of the molecule is Cc1c(C)c(-c2ccc(-c3ccccc3)cc2)c2nsnc2c1-c1ccc(-c2ccccc2)cc1.Cc1c(C)c(-c2cnc(-c3ccccc3)cn2)c2nsnc2c1-c1cnc(-c2ccccc2)cn1. The van der Waals surface area contributed by atoms with E-state index in [-0.39, 0.29) is 0 Å². The van der Waals surface area contributed by atoms with Crippen LogP contribution in [-0.2, 0) is 0 Å². The summed E-state index contributed by atoms with van der Waals surface area (Å²) in [6.45, 7) is 8.59. The van der Waals surface area contributed by atoms with Crippen molar-refractivity contribution in [3.8, 4) is 89.5 Å². The average Bonchev–Trinajstić information content (AvgIpc) is 4.12. The molecule has 0 saturated carbocycles. The summed E-state index contributed by atoms with van der Waals surface area (Å²) in [5, 5.41) is 0.